The van der Waals surface area contributed by atoms with Crippen molar-refractivity contribution in [1.29, 1.82) is 0 Å². The lowest BCUT2D eigenvalue weighted by Crippen LogP contribution is -2.16. The molecule has 0 radical (unpaired) electrons. The molecule has 4 aromatic rings. The number of benzene rings is 4. The van der Waals surface area contributed by atoms with Crippen LogP contribution in [0.1, 0.15) is 45.7 Å². The van der Waals surface area contributed by atoms with Crippen LogP contribution in [0, 0.1) is 0 Å². The first-order chi connectivity index (χ1) is 29.4. The van der Waals surface area contributed by atoms with Crippen LogP contribution in [0.2, 0.25) is 0 Å². The van der Waals surface area contributed by atoms with Gasteiger partial charge in [-0.15, -0.1) is 0 Å². The fourth-order valence-corrected chi connectivity index (χ4v) is 5.40. The minimum absolute atomic E-state index is 0.0384. The van der Waals surface area contributed by atoms with Crippen LogP contribution in [0.15, 0.2) is 109 Å². The Hall–Kier alpha value is -7.30. The molecule has 0 fully saturated rings. The number of esters is 4. The highest BCUT2D eigenvalue weighted by molar-refractivity contribution is 5.92. The summed E-state index contributed by atoms with van der Waals surface area (Å²) in [4.78, 5) is 72.5. The van der Waals surface area contributed by atoms with Gasteiger partial charge in [0.2, 0.25) is 0 Å². The van der Waals surface area contributed by atoms with Gasteiger partial charge in [0.05, 0.1) is 37.6 Å². The van der Waals surface area contributed by atoms with E-state index in [1.807, 2.05) is 12.1 Å². The summed E-state index contributed by atoms with van der Waals surface area (Å²) in [5.41, 5.74) is 4.71. The van der Waals surface area contributed by atoms with Crippen molar-refractivity contribution in [1.82, 2.24) is 0 Å². The van der Waals surface area contributed by atoms with Crippen LogP contribution in [-0.4, -0.2) is 89.0 Å². The van der Waals surface area contributed by atoms with E-state index in [1.165, 1.54) is 62.4 Å². The SMILES string of the molecule is C=C(C)C(=O)OCCOCCOC(=O)Oc1ccc(C(=O)Oc2ccc3c(c2)Cc2cc(OC(=O)c4ccc(OC(=O)OCCOCCOC(=O)C(=C)C)cc4)ccc2-3)cc1. The molecule has 16 nitrogen and oxygen atoms in total. The minimum Gasteiger partial charge on any atom is -0.460 e. The Bertz CT molecular complexity index is 2100. The molecule has 0 aliphatic heterocycles. The van der Waals surface area contributed by atoms with E-state index in [9.17, 15) is 28.8 Å². The molecular weight excluding hydrogens is 796 g/mol. The van der Waals surface area contributed by atoms with Crippen LogP contribution in [0.3, 0.4) is 0 Å². The number of rotatable bonds is 20. The zero-order valence-electron chi connectivity index (χ0n) is 33.4. The molecule has 0 amide bonds. The fourth-order valence-electron chi connectivity index (χ4n) is 5.40. The van der Waals surface area contributed by atoms with E-state index in [4.69, 9.17) is 47.4 Å². The molecule has 0 aromatic heterocycles. The predicted molar refractivity (Wildman–Crippen MR) is 215 cm³/mol. The van der Waals surface area contributed by atoms with Crippen LogP contribution in [0.25, 0.3) is 11.1 Å². The molecule has 0 bridgehead atoms. The van der Waals surface area contributed by atoms with Crippen LogP contribution in [-0.2, 0) is 44.4 Å². The Morgan fingerprint density at radius 3 is 1.15 bits per heavy atom. The minimum atomic E-state index is -0.963. The highest BCUT2D eigenvalue weighted by Gasteiger charge is 2.22. The third kappa shape index (κ3) is 13.9. The Kier molecular flexibility index (Phi) is 16.3. The maximum atomic E-state index is 12.9. The first kappa shape index (κ1) is 44.8. The van der Waals surface area contributed by atoms with E-state index in [0.29, 0.717) is 17.9 Å². The van der Waals surface area contributed by atoms with Crippen molar-refractivity contribution < 1.29 is 76.1 Å². The molecule has 0 heterocycles. The average molecular weight is 839 g/mol. The summed E-state index contributed by atoms with van der Waals surface area (Å²) in [6.07, 6.45) is -1.43. The molecule has 0 saturated heterocycles. The van der Waals surface area contributed by atoms with E-state index < -0.39 is 36.2 Å². The Morgan fingerprint density at radius 2 is 0.787 bits per heavy atom. The first-order valence-corrected chi connectivity index (χ1v) is 18.8. The molecule has 5 rings (SSSR count). The molecule has 4 aromatic carbocycles. The number of fused-ring (bicyclic) bond motifs is 3. The van der Waals surface area contributed by atoms with Gasteiger partial charge in [0.15, 0.2) is 0 Å². The first-order valence-electron chi connectivity index (χ1n) is 18.8. The van der Waals surface area contributed by atoms with Crippen LogP contribution in [0.4, 0.5) is 9.59 Å². The van der Waals surface area contributed by atoms with Crippen LogP contribution >= 0.6 is 0 Å². The molecular formula is C45H42O16. The van der Waals surface area contributed by atoms with E-state index in [-0.39, 0.29) is 86.6 Å². The molecule has 61 heavy (non-hydrogen) atoms. The maximum Gasteiger partial charge on any atom is 0.513 e. The molecule has 0 saturated carbocycles. The van der Waals surface area contributed by atoms with Crippen molar-refractivity contribution in [3.63, 3.8) is 0 Å². The number of carbonyl (C=O) groups is 6. The summed E-state index contributed by atoms with van der Waals surface area (Å²) in [5, 5.41) is 0. The van der Waals surface area contributed by atoms with Crippen molar-refractivity contribution in [2.24, 2.45) is 0 Å². The second-order valence-corrected chi connectivity index (χ2v) is 13.1. The van der Waals surface area contributed by atoms with Gasteiger partial charge >= 0.3 is 36.2 Å². The Labute approximate surface area is 350 Å². The van der Waals surface area contributed by atoms with Crippen molar-refractivity contribution >= 4 is 36.2 Å². The highest BCUT2D eigenvalue weighted by Crippen LogP contribution is 2.40. The maximum absolute atomic E-state index is 12.9. The summed E-state index contributed by atoms with van der Waals surface area (Å²) >= 11 is 0. The van der Waals surface area contributed by atoms with E-state index >= 15 is 0 Å². The molecule has 0 atom stereocenters. The van der Waals surface area contributed by atoms with Gasteiger partial charge in [-0.1, -0.05) is 25.3 Å². The average Bonchev–Trinajstić information content (AvgIpc) is 3.60. The van der Waals surface area contributed by atoms with Gasteiger partial charge in [-0.25, -0.2) is 28.8 Å². The Morgan fingerprint density at radius 1 is 0.443 bits per heavy atom. The van der Waals surface area contributed by atoms with Crippen molar-refractivity contribution in [3.8, 4) is 34.1 Å². The molecule has 1 aliphatic rings. The fraction of sp³-hybridized carbons (Fsp3) is 0.244. The van der Waals surface area contributed by atoms with Gasteiger partial charge in [-0.05, 0) is 115 Å². The second-order valence-electron chi connectivity index (χ2n) is 13.1. The third-order valence-corrected chi connectivity index (χ3v) is 8.34. The molecule has 0 unspecified atom stereocenters. The van der Waals surface area contributed by atoms with Gasteiger partial charge in [0.1, 0.15) is 49.4 Å². The molecule has 16 heteroatoms. The topological polar surface area (TPSA) is 195 Å². The summed E-state index contributed by atoms with van der Waals surface area (Å²) in [7, 11) is 0. The molecule has 1 aliphatic carbocycles. The zero-order valence-corrected chi connectivity index (χ0v) is 33.4. The highest BCUT2D eigenvalue weighted by atomic mass is 16.7. The van der Waals surface area contributed by atoms with E-state index in [1.54, 1.807) is 24.3 Å². The predicted octanol–water partition coefficient (Wildman–Crippen LogP) is 7.00. The molecule has 0 spiro atoms. The molecule has 318 valence electrons. The van der Waals surface area contributed by atoms with Gasteiger partial charge in [-0.2, -0.15) is 0 Å². The van der Waals surface area contributed by atoms with Gasteiger partial charge < -0.3 is 47.4 Å². The largest absolute Gasteiger partial charge is 0.513 e. The number of carbonyl (C=O) groups excluding carboxylic acids is 6. The number of hydrogen-bond donors (Lipinski definition) is 0. The summed E-state index contributed by atoms with van der Waals surface area (Å²) in [6, 6.07) is 22.1. The van der Waals surface area contributed by atoms with Crippen molar-refractivity contribution in [3.05, 3.63) is 131 Å². The van der Waals surface area contributed by atoms with E-state index in [2.05, 4.69) is 13.2 Å². The van der Waals surface area contributed by atoms with Gasteiger partial charge in [0.25, 0.3) is 0 Å². The standard InChI is InChI=1S/C45H42O16/c1-28(2)40(46)54-21-17-52-19-23-56-44(50)60-34-9-5-30(6-10-34)42(48)58-36-13-15-38-32(26-36)25-33-27-37(14-16-39(33)38)59-43(49)31-7-11-35(12-8-31)61-45(51)57-24-20-53-18-22-55-41(47)29(3)4/h5-16,26-27H,1,3,17-25H2,2,4H3. The normalized spacial score (nSPS) is 10.9. The van der Waals surface area contributed by atoms with Gasteiger partial charge in [-0.3, -0.25) is 0 Å². The van der Waals surface area contributed by atoms with Crippen molar-refractivity contribution in [2.75, 3.05) is 52.9 Å². The second kappa shape index (κ2) is 22.2. The van der Waals surface area contributed by atoms with Crippen molar-refractivity contribution in [2.45, 2.75) is 20.3 Å². The Balaban J connectivity index is 1.02. The van der Waals surface area contributed by atoms with Crippen LogP contribution < -0.4 is 18.9 Å². The summed E-state index contributed by atoms with van der Waals surface area (Å²) in [5.74, 6) is -1.32. The third-order valence-electron chi connectivity index (χ3n) is 8.34. The lowest BCUT2D eigenvalue weighted by molar-refractivity contribution is -0.141. The van der Waals surface area contributed by atoms with Crippen LogP contribution in [0.5, 0.6) is 23.0 Å². The quantitative estimate of drug-likeness (QED) is 0.0194. The summed E-state index contributed by atoms with van der Waals surface area (Å²) < 4.78 is 51.6. The smallest absolute Gasteiger partial charge is 0.460 e. The van der Waals surface area contributed by atoms with Gasteiger partial charge in [0, 0.05) is 11.1 Å². The monoisotopic (exact) mass is 838 g/mol. The number of ether oxygens (including phenoxy) is 10. The lowest BCUT2D eigenvalue weighted by Gasteiger charge is -2.09. The lowest BCUT2D eigenvalue weighted by atomic mass is 10.1. The van der Waals surface area contributed by atoms with E-state index in [0.717, 1.165) is 22.3 Å². The number of hydrogen-bond acceptors (Lipinski definition) is 16. The molecule has 0 N–H and O–H groups in total. The summed E-state index contributed by atoms with van der Waals surface area (Å²) in [6.45, 7) is 10.3. The zero-order chi connectivity index (χ0) is 43.7.